The number of hydrogen-bond donors (Lipinski definition) is 3. The molecule has 0 atom stereocenters. The summed E-state index contributed by atoms with van der Waals surface area (Å²) >= 11 is 0. The van der Waals surface area contributed by atoms with Crippen LogP contribution in [0.15, 0.2) is 11.2 Å². The van der Waals surface area contributed by atoms with E-state index < -0.39 is 0 Å². The standard InChI is InChI=1S/C12H16N4O/c13-12(15-16-14)10-9-3-1-2-7(9)6-8-4-5-17-11(8)10/h6,16H,1-5,14H2,(H2,13,15). The Hall–Kier alpha value is -1.75. The molecular formula is C12H16N4O. The Balaban J connectivity index is 2.21. The second kappa shape index (κ2) is 3.92. The number of benzene rings is 1. The first-order chi connectivity index (χ1) is 8.31. The Bertz CT molecular complexity index is 464. The second-order valence-corrected chi connectivity index (χ2v) is 4.46. The normalized spacial score (nSPS) is 17.6. The lowest BCUT2D eigenvalue weighted by molar-refractivity contribution is 0.356. The van der Waals surface area contributed by atoms with Gasteiger partial charge in [-0.05, 0) is 36.0 Å². The average molecular weight is 232 g/mol. The fourth-order valence-corrected chi connectivity index (χ4v) is 2.80. The van der Waals surface area contributed by atoms with Crippen molar-refractivity contribution in [3.63, 3.8) is 0 Å². The summed E-state index contributed by atoms with van der Waals surface area (Å²) in [6.45, 7) is 0.731. The zero-order chi connectivity index (χ0) is 11.8. The van der Waals surface area contributed by atoms with Gasteiger partial charge in [0.05, 0.1) is 12.2 Å². The van der Waals surface area contributed by atoms with Crippen LogP contribution in [-0.2, 0) is 19.3 Å². The van der Waals surface area contributed by atoms with Gasteiger partial charge < -0.3 is 10.5 Å². The van der Waals surface area contributed by atoms with Crippen molar-refractivity contribution >= 4 is 5.84 Å². The highest BCUT2D eigenvalue weighted by molar-refractivity contribution is 6.02. The fourth-order valence-electron chi connectivity index (χ4n) is 2.80. The van der Waals surface area contributed by atoms with Crippen LogP contribution >= 0.6 is 0 Å². The summed E-state index contributed by atoms with van der Waals surface area (Å²) in [5.74, 6) is 6.52. The van der Waals surface area contributed by atoms with Crippen molar-refractivity contribution in [3.05, 3.63) is 28.3 Å². The van der Waals surface area contributed by atoms with E-state index in [9.17, 15) is 0 Å². The lowest BCUT2D eigenvalue weighted by Gasteiger charge is -2.13. The Labute approximate surface area is 99.8 Å². The van der Waals surface area contributed by atoms with Crippen molar-refractivity contribution in [2.75, 3.05) is 6.61 Å². The van der Waals surface area contributed by atoms with Gasteiger partial charge in [-0.3, -0.25) is 0 Å². The third kappa shape index (κ3) is 1.54. The topological polar surface area (TPSA) is 85.7 Å². The molecule has 0 amide bonds. The molecule has 0 saturated heterocycles. The fraction of sp³-hybridized carbons (Fsp3) is 0.417. The molecule has 5 heteroatoms. The molecule has 1 aromatic rings. The Morgan fingerprint density at radius 3 is 3.00 bits per heavy atom. The number of rotatable bonds is 2. The minimum atomic E-state index is 0.421. The van der Waals surface area contributed by atoms with E-state index in [1.54, 1.807) is 0 Å². The molecule has 0 fully saturated rings. The first kappa shape index (κ1) is 10.4. The number of fused-ring (bicyclic) bond motifs is 2. The molecule has 2 aliphatic rings. The van der Waals surface area contributed by atoms with E-state index in [0.717, 1.165) is 37.2 Å². The van der Waals surface area contributed by atoms with E-state index in [-0.39, 0.29) is 0 Å². The van der Waals surface area contributed by atoms with Crippen LogP contribution < -0.4 is 21.8 Å². The molecule has 90 valence electrons. The van der Waals surface area contributed by atoms with E-state index in [1.807, 2.05) is 0 Å². The van der Waals surface area contributed by atoms with Gasteiger partial charge in [0.25, 0.3) is 0 Å². The lowest BCUT2D eigenvalue weighted by Crippen LogP contribution is -2.24. The minimum absolute atomic E-state index is 0.421. The van der Waals surface area contributed by atoms with Gasteiger partial charge in [-0.15, -0.1) is 5.10 Å². The average Bonchev–Trinajstić information content (AvgIpc) is 2.92. The van der Waals surface area contributed by atoms with Crippen LogP contribution in [0.25, 0.3) is 0 Å². The molecule has 0 spiro atoms. The number of hydrazine groups is 1. The van der Waals surface area contributed by atoms with Gasteiger partial charge in [-0.2, -0.15) is 0 Å². The Morgan fingerprint density at radius 1 is 1.29 bits per heavy atom. The highest BCUT2D eigenvalue weighted by Crippen LogP contribution is 2.38. The molecule has 1 aliphatic carbocycles. The maximum Gasteiger partial charge on any atom is 0.156 e. The van der Waals surface area contributed by atoms with Gasteiger partial charge in [0, 0.05) is 6.42 Å². The highest BCUT2D eigenvalue weighted by atomic mass is 16.5. The van der Waals surface area contributed by atoms with Crippen molar-refractivity contribution in [1.29, 1.82) is 0 Å². The summed E-state index contributed by atoms with van der Waals surface area (Å²) in [5, 5.41) is 3.89. The van der Waals surface area contributed by atoms with Gasteiger partial charge in [0.15, 0.2) is 5.84 Å². The number of aryl methyl sites for hydroxylation is 1. The van der Waals surface area contributed by atoms with Gasteiger partial charge in [-0.1, -0.05) is 6.07 Å². The number of nitrogens with two attached hydrogens (primary N) is 2. The van der Waals surface area contributed by atoms with Crippen molar-refractivity contribution in [1.82, 2.24) is 5.53 Å². The van der Waals surface area contributed by atoms with Crippen molar-refractivity contribution in [3.8, 4) is 5.75 Å². The molecule has 0 unspecified atom stereocenters. The SMILES string of the molecule is NN/N=C(\N)c1c2c(cc3c1OCC3)CCC2. The zero-order valence-electron chi connectivity index (χ0n) is 9.62. The number of amidine groups is 1. The number of hydrogen-bond acceptors (Lipinski definition) is 4. The van der Waals surface area contributed by atoms with Gasteiger partial charge in [-0.25, -0.2) is 11.4 Å². The molecule has 1 aliphatic heterocycles. The monoisotopic (exact) mass is 232 g/mol. The smallest absolute Gasteiger partial charge is 0.156 e. The van der Waals surface area contributed by atoms with Crippen LogP contribution in [0.5, 0.6) is 5.75 Å². The minimum Gasteiger partial charge on any atom is -0.492 e. The summed E-state index contributed by atoms with van der Waals surface area (Å²) in [6, 6.07) is 2.26. The Morgan fingerprint density at radius 2 is 2.18 bits per heavy atom. The number of hydrazone groups is 1. The quantitative estimate of drug-likeness (QED) is 0.294. The lowest BCUT2D eigenvalue weighted by atomic mass is 9.97. The predicted molar refractivity (Wildman–Crippen MR) is 65.7 cm³/mol. The van der Waals surface area contributed by atoms with Crippen LogP contribution in [-0.4, -0.2) is 12.4 Å². The highest BCUT2D eigenvalue weighted by Gasteiger charge is 2.27. The summed E-state index contributed by atoms with van der Waals surface area (Å²) in [4.78, 5) is 0. The maximum atomic E-state index is 5.98. The first-order valence-electron chi connectivity index (χ1n) is 5.91. The molecule has 0 saturated carbocycles. The molecule has 5 nitrogen and oxygen atoms in total. The third-order valence-corrected chi connectivity index (χ3v) is 3.49. The number of nitrogens with one attached hydrogen (secondary N) is 1. The zero-order valence-corrected chi connectivity index (χ0v) is 9.62. The van der Waals surface area contributed by atoms with Gasteiger partial charge in [0.2, 0.25) is 0 Å². The van der Waals surface area contributed by atoms with Crippen LogP contribution in [0.1, 0.15) is 28.7 Å². The van der Waals surface area contributed by atoms with E-state index in [2.05, 4.69) is 16.7 Å². The molecule has 3 rings (SSSR count). The third-order valence-electron chi connectivity index (χ3n) is 3.49. The molecule has 0 radical (unpaired) electrons. The first-order valence-corrected chi connectivity index (χ1v) is 5.91. The van der Waals surface area contributed by atoms with E-state index in [0.29, 0.717) is 5.84 Å². The molecular weight excluding hydrogens is 216 g/mol. The van der Waals surface area contributed by atoms with Crippen LogP contribution in [0.3, 0.4) is 0 Å². The molecule has 0 bridgehead atoms. The van der Waals surface area contributed by atoms with Crippen LogP contribution in [0, 0.1) is 0 Å². The van der Waals surface area contributed by atoms with Gasteiger partial charge >= 0.3 is 0 Å². The summed E-state index contributed by atoms with van der Waals surface area (Å²) in [6.07, 6.45) is 4.30. The van der Waals surface area contributed by atoms with E-state index in [1.165, 1.54) is 23.1 Å². The largest absolute Gasteiger partial charge is 0.492 e. The van der Waals surface area contributed by atoms with E-state index >= 15 is 0 Å². The molecule has 1 heterocycles. The molecule has 0 aromatic heterocycles. The summed E-state index contributed by atoms with van der Waals surface area (Å²) < 4.78 is 5.69. The van der Waals surface area contributed by atoms with Crippen molar-refractivity contribution in [2.45, 2.75) is 25.7 Å². The molecule has 17 heavy (non-hydrogen) atoms. The van der Waals surface area contributed by atoms with Crippen LogP contribution in [0.4, 0.5) is 0 Å². The number of ether oxygens (including phenoxy) is 1. The van der Waals surface area contributed by atoms with Crippen molar-refractivity contribution in [2.24, 2.45) is 16.7 Å². The van der Waals surface area contributed by atoms with E-state index in [4.69, 9.17) is 16.3 Å². The Kier molecular flexibility index (Phi) is 2.40. The summed E-state index contributed by atoms with van der Waals surface area (Å²) in [5.41, 5.74) is 13.1. The second-order valence-electron chi connectivity index (χ2n) is 4.46. The maximum absolute atomic E-state index is 5.98. The molecule has 1 aromatic carbocycles. The van der Waals surface area contributed by atoms with Crippen molar-refractivity contribution < 1.29 is 4.74 Å². The number of nitrogens with zero attached hydrogens (tertiary/aromatic N) is 1. The summed E-state index contributed by atoms with van der Waals surface area (Å²) in [7, 11) is 0. The van der Waals surface area contributed by atoms with Crippen LogP contribution in [0.2, 0.25) is 0 Å². The predicted octanol–water partition coefficient (Wildman–Crippen LogP) is 0.194. The molecule has 5 N–H and O–H groups in total. The van der Waals surface area contributed by atoms with Gasteiger partial charge in [0.1, 0.15) is 5.75 Å².